The predicted molar refractivity (Wildman–Crippen MR) is 87.0 cm³/mol. The third-order valence-electron chi connectivity index (χ3n) is 2.93. The molecule has 2 aromatic heterocycles. The Morgan fingerprint density at radius 3 is 2.38 bits per heavy atom. The molecule has 0 aliphatic carbocycles. The Morgan fingerprint density at radius 2 is 1.81 bits per heavy atom. The molecule has 0 amide bonds. The van der Waals surface area contributed by atoms with Gasteiger partial charge in [-0.2, -0.15) is 0 Å². The van der Waals surface area contributed by atoms with Gasteiger partial charge in [-0.25, -0.2) is 18.5 Å². The minimum atomic E-state index is -3.65. The van der Waals surface area contributed by atoms with Gasteiger partial charge in [0, 0.05) is 15.8 Å². The van der Waals surface area contributed by atoms with Crippen molar-refractivity contribution in [3.05, 3.63) is 46.7 Å². The molecule has 0 aliphatic heterocycles. The van der Waals surface area contributed by atoms with Crippen molar-refractivity contribution >= 4 is 32.7 Å². The minimum absolute atomic E-state index is 0.108. The highest BCUT2D eigenvalue weighted by Gasteiger charge is 2.10. The summed E-state index contributed by atoms with van der Waals surface area (Å²) >= 11 is 3.24. The van der Waals surface area contributed by atoms with Gasteiger partial charge in [0.25, 0.3) is 0 Å². The van der Waals surface area contributed by atoms with Crippen LogP contribution in [0.25, 0.3) is 21.1 Å². The monoisotopic (exact) mass is 336 g/mol. The Bertz CT molecular complexity index is 877. The van der Waals surface area contributed by atoms with Crippen molar-refractivity contribution in [1.82, 2.24) is 4.98 Å². The van der Waals surface area contributed by atoms with Gasteiger partial charge in [0.05, 0.1) is 15.5 Å². The van der Waals surface area contributed by atoms with Crippen LogP contribution in [0, 0.1) is 6.92 Å². The van der Waals surface area contributed by atoms with Crippen molar-refractivity contribution < 1.29 is 8.42 Å². The average molecular weight is 336 g/mol. The second kappa shape index (κ2) is 5.34. The molecular weight excluding hydrogens is 324 g/mol. The number of primary sulfonamides is 1. The van der Waals surface area contributed by atoms with Crippen LogP contribution in [0.3, 0.4) is 0 Å². The standard InChI is InChI=1S/C14H12N2O2S3/c1-9-2-7-13(20-9)12-8-19-14(16-12)10-3-5-11(6-4-10)21(15,17)18/h2-8H,1H3,(H2,15,17,18). The van der Waals surface area contributed by atoms with Crippen LogP contribution in [0.1, 0.15) is 4.88 Å². The fourth-order valence-corrected chi connectivity index (χ4v) is 4.12. The summed E-state index contributed by atoms with van der Waals surface area (Å²) in [5.41, 5.74) is 1.83. The van der Waals surface area contributed by atoms with Crippen molar-refractivity contribution in [2.75, 3.05) is 0 Å². The van der Waals surface area contributed by atoms with E-state index in [0.717, 1.165) is 21.1 Å². The second-order valence-electron chi connectivity index (χ2n) is 4.52. The van der Waals surface area contributed by atoms with Crippen LogP contribution in [0.15, 0.2) is 46.7 Å². The summed E-state index contributed by atoms with van der Waals surface area (Å²) in [4.78, 5) is 7.10. The predicted octanol–water partition coefficient (Wildman–Crippen LogP) is 3.49. The van der Waals surface area contributed by atoms with E-state index in [0.29, 0.717) is 0 Å². The first-order chi connectivity index (χ1) is 9.93. The second-order valence-corrected chi connectivity index (χ2v) is 8.23. The van der Waals surface area contributed by atoms with Gasteiger partial charge in [-0.1, -0.05) is 12.1 Å². The zero-order valence-corrected chi connectivity index (χ0v) is 13.6. The number of nitrogens with two attached hydrogens (primary N) is 1. The van der Waals surface area contributed by atoms with E-state index >= 15 is 0 Å². The molecule has 1 aromatic carbocycles. The number of benzene rings is 1. The Labute approximate surface area is 131 Å². The molecular formula is C14H12N2O2S3. The van der Waals surface area contributed by atoms with Gasteiger partial charge in [-0.3, -0.25) is 0 Å². The van der Waals surface area contributed by atoms with E-state index in [4.69, 9.17) is 5.14 Å². The number of aryl methyl sites for hydroxylation is 1. The molecule has 0 radical (unpaired) electrons. The Kier molecular flexibility index (Phi) is 3.66. The Hall–Kier alpha value is -1.54. The number of nitrogens with zero attached hydrogens (tertiary/aromatic N) is 1. The van der Waals surface area contributed by atoms with Crippen molar-refractivity contribution in [3.8, 4) is 21.1 Å². The average Bonchev–Trinajstić information content (AvgIpc) is 3.06. The molecule has 0 atom stereocenters. The van der Waals surface area contributed by atoms with Crippen LogP contribution in [0.4, 0.5) is 0 Å². The number of hydrogen-bond acceptors (Lipinski definition) is 5. The summed E-state index contributed by atoms with van der Waals surface area (Å²) < 4.78 is 22.5. The molecule has 3 rings (SSSR count). The van der Waals surface area contributed by atoms with Gasteiger partial charge in [0.2, 0.25) is 10.0 Å². The fourth-order valence-electron chi connectivity index (χ4n) is 1.88. The number of sulfonamides is 1. The molecule has 0 saturated heterocycles. The van der Waals surface area contributed by atoms with Gasteiger partial charge < -0.3 is 0 Å². The molecule has 0 fully saturated rings. The lowest BCUT2D eigenvalue weighted by Crippen LogP contribution is -2.11. The first-order valence-electron chi connectivity index (χ1n) is 6.09. The van der Waals surface area contributed by atoms with E-state index in [9.17, 15) is 8.42 Å². The lowest BCUT2D eigenvalue weighted by Gasteiger charge is -1.99. The van der Waals surface area contributed by atoms with E-state index in [1.807, 2.05) is 5.38 Å². The highest BCUT2D eigenvalue weighted by atomic mass is 32.2. The summed E-state index contributed by atoms with van der Waals surface area (Å²) in [6.45, 7) is 2.06. The van der Waals surface area contributed by atoms with Crippen LogP contribution < -0.4 is 5.14 Å². The van der Waals surface area contributed by atoms with Crippen LogP contribution >= 0.6 is 22.7 Å². The zero-order valence-electron chi connectivity index (χ0n) is 11.1. The number of aromatic nitrogens is 1. The zero-order chi connectivity index (χ0) is 15.0. The van der Waals surface area contributed by atoms with Crippen molar-refractivity contribution in [2.24, 2.45) is 5.14 Å². The van der Waals surface area contributed by atoms with Gasteiger partial charge in [-0.05, 0) is 31.2 Å². The number of thiazole rings is 1. The number of thiophene rings is 1. The third kappa shape index (κ3) is 3.06. The normalized spacial score (nSPS) is 11.7. The van der Waals surface area contributed by atoms with Gasteiger partial charge >= 0.3 is 0 Å². The van der Waals surface area contributed by atoms with Crippen LogP contribution in [-0.2, 0) is 10.0 Å². The highest BCUT2D eigenvalue weighted by molar-refractivity contribution is 7.89. The van der Waals surface area contributed by atoms with E-state index in [1.165, 1.54) is 28.3 Å². The van der Waals surface area contributed by atoms with Crippen molar-refractivity contribution in [3.63, 3.8) is 0 Å². The van der Waals surface area contributed by atoms with E-state index in [2.05, 4.69) is 24.0 Å². The summed E-state index contributed by atoms with van der Waals surface area (Å²) in [5.74, 6) is 0. The summed E-state index contributed by atoms with van der Waals surface area (Å²) in [7, 11) is -3.65. The van der Waals surface area contributed by atoms with Crippen molar-refractivity contribution in [2.45, 2.75) is 11.8 Å². The highest BCUT2D eigenvalue weighted by Crippen LogP contribution is 2.32. The summed E-state index contributed by atoms with van der Waals surface area (Å²) in [6, 6.07) is 10.6. The maximum Gasteiger partial charge on any atom is 0.238 e. The smallest absolute Gasteiger partial charge is 0.235 e. The van der Waals surface area contributed by atoms with Gasteiger partial charge in [-0.15, -0.1) is 22.7 Å². The number of hydrogen-bond donors (Lipinski definition) is 1. The van der Waals surface area contributed by atoms with E-state index < -0.39 is 10.0 Å². The molecule has 0 spiro atoms. The molecule has 0 aliphatic rings. The fraction of sp³-hybridized carbons (Fsp3) is 0.0714. The summed E-state index contributed by atoms with van der Waals surface area (Å²) in [6.07, 6.45) is 0. The molecule has 2 N–H and O–H groups in total. The molecule has 21 heavy (non-hydrogen) atoms. The molecule has 108 valence electrons. The lowest BCUT2D eigenvalue weighted by atomic mass is 10.2. The van der Waals surface area contributed by atoms with E-state index in [1.54, 1.807) is 23.5 Å². The molecule has 0 bridgehead atoms. The number of rotatable bonds is 3. The molecule has 3 aromatic rings. The third-order valence-corrected chi connectivity index (χ3v) is 5.77. The van der Waals surface area contributed by atoms with Crippen LogP contribution in [0.5, 0.6) is 0 Å². The van der Waals surface area contributed by atoms with Crippen LogP contribution in [-0.4, -0.2) is 13.4 Å². The maximum absolute atomic E-state index is 11.2. The minimum Gasteiger partial charge on any atom is -0.235 e. The summed E-state index contributed by atoms with van der Waals surface area (Å²) in [5, 5.41) is 7.96. The largest absolute Gasteiger partial charge is 0.238 e. The molecule has 2 heterocycles. The molecule has 7 heteroatoms. The van der Waals surface area contributed by atoms with Gasteiger partial charge in [0.1, 0.15) is 5.01 Å². The van der Waals surface area contributed by atoms with E-state index in [-0.39, 0.29) is 4.90 Å². The topological polar surface area (TPSA) is 73.1 Å². The lowest BCUT2D eigenvalue weighted by molar-refractivity contribution is 0.598. The Balaban J connectivity index is 1.93. The molecule has 0 unspecified atom stereocenters. The molecule has 0 saturated carbocycles. The Morgan fingerprint density at radius 1 is 1.10 bits per heavy atom. The maximum atomic E-state index is 11.2. The molecule has 4 nitrogen and oxygen atoms in total. The SMILES string of the molecule is Cc1ccc(-c2csc(-c3ccc(S(N)(=O)=O)cc3)n2)s1. The first-order valence-corrected chi connectivity index (χ1v) is 9.33. The van der Waals surface area contributed by atoms with Crippen molar-refractivity contribution in [1.29, 1.82) is 0 Å². The quantitative estimate of drug-likeness (QED) is 0.795. The van der Waals surface area contributed by atoms with Gasteiger partial charge in [0.15, 0.2) is 0 Å². The first kappa shape index (κ1) is 14.4. The van der Waals surface area contributed by atoms with Crippen LogP contribution in [0.2, 0.25) is 0 Å².